The molecule has 25 heavy (non-hydrogen) atoms. The lowest BCUT2D eigenvalue weighted by Gasteiger charge is -2.27. The maximum Gasteiger partial charge on any atom is 0.242 e. The van der Waals surface area contributed by atoms with Crippen LogP contribution in [0.2, 0.25) is 0 Å². The van der Waals surface area contributed by atoms with Crippen LogP contribution in [0.3, 0.4) is 0 Å². The van der Waals surface area contributed by atoms with Gasteiger partial charge >= 0.3 is 0 Å². The number of nitrogens with zero attached hydrogens (tertiary/aromatic N) is 3. The number of nitriles is 2. The van der Waals surface area contributed by atoms with Gasteiger partial charge in [-0.25, -0.2) is 0 Å². The second kappa shape index (κ2) is 9.31. The molecule has 0 saturated carbocycles. The fourth-order valence-electron chi connectivity index (χ4n) is 2.40. The van der Waals surface area contributed by atoms with Gasteiger partial charge in [0, 0.05) is 13.1 Å². The molecule has 1 fully saturated rings. The van der Waals surface area contributed by atoms with Crippen LogP contribution in [-0.4, -0.2) is 50.3 Å². The Morgan fingerprint density at radius 3 is 2.72 bits per heavy atom. The Hall–Kier alpha value is -3.03. The lowest BCUT2D eigenvalue weighted by atomic mass is 10.1. The third-order valence-corrected chi connectivity index (χ3v) is 3.65. The van der Waals surface area contributed by atoms with Crippen molar-refractivity contribution in [3.8, 4) is 17.9 Å². The van der Waals surface area contributed by atoms with Crippen molar-refractivity contribution in [3.63, 3.8) is 0 Å². The Morgan fingerprint density at radius 1 is 1.36 bits per heavy atom. The molecular weight excluding hydrogens is 320 g/mol. The molecule has 1 heterocycles. The van der Waals surface area contributed by atoms with Crippen molar-refractivity contribution >= 4 is 17.7 Å². The van der Waals surface area contributed by atoms with E-state index in [0.29, 0.717) is 49.9 Å². The smallest absolute Gasteiger partial charge is 0.242 e. The number of benzene rings is 1. The van der Waals surface area contributed by atoms with Gasteiger partial charge in [-0.3, -0.25) is 4.79 Å². The van der Waals surface area contributed by atoms with Crippen molar-refractivity contribution in [2.45, 2.75) is 6.92 Å². The maximum atomic E-state index is 12.2. The summed E-state index contributed by atoms with van der Waals surface area (Å²) in [4.78, 5) is 14.0. The molecular formula is C18H20N4O3. The van der Waals surface area contributed by atoms with Crippen LogP contribution in [-0.2, 0) is 9.53 Å². The number of carbonyl (C=O) groups is 1. The molecule has 0 bridgehead atoms. The average molecular weight is 340 g/mol. The molecule has 7 heteroatoms. The Labute approximate surface area is 147 Å². The molecule has 1 aromatic carbocycles. The van der Waals surface area contributed by atoms with E-state index in [0.717, 1.165) is 0 Å². The molecule has 2 rings (SSSR count). The molecule has 0 aromatic heterocycles. The average Bonchev–Trinajstić information content (AvgIpc) is 2.66. The molecule has 0 unspecified atom stereocenters. The second-order valence-corrected chi connectivity index (χ2v) is 5.32. The van der Waals surface area contributed by atoms with Crippen LogP contribution in [0.5, 0.6) is 5.75 Å². The number of amides is 1. The van der Waals surface area contributed by atoms with E-state index in [-0.39, 0.29) is 18.0 Å². The summed E-state index contributed by atoms with van der Waals surface area (Å²) in [7, 11) is 0. The normalized spacial score (nSPS) is 13.3. The van der Waals surface area contributed by atoms with E-state index in [1.54, 1.807) is 23.1 Å². The van der Waals surface area contributed by atoms with Crippen LogP contribution in [0.1, 0.15) is 12.5 Å². The summed E-state index contributed by atoms with van der Waals surface area (Å²) in [5.41, 5.74) is 1.40. The first-order valence-corrected chi connectivity index (χ1v) is 8.06. The molecule has 1 saturated heterocycles. The number of allylic oxidation sites excluding steroid dienone is 1. The van der Waals surface area contributed by atoms with Crippen LogP contribution in [0.25, 0.3) is 6.08 Å². The topological polar surface area (TPSA) is 98.4 Å². The van der Waals surface area contributed by atoms with Crippen LogP contribution < -0.4 is 10.1 Å². The van der Waals surface area contributed by atoms with Gasteiger partial charge in [0.25, 0.3) is 0 Å². The minimum absolute atomic E-state index is 0.00553. The van der Waals surface area contributed by atoms with Gasteiger partial charge in [0.05, 0.1) is 32.1 Å². The molecule has 7 nitrogen and oxygen atoms in total. The zero-order valence-corrected chi connectivity index (χ0v) is 14.1. The summed E-state index contributed by atoms with van der Waals surface area (Å²) in [6, 6.07) is 8.92. The van der Waals surface area contributed by atoms with E-state index in [9.17, 15) is 4.79 Å². The molecule has 1 aliphatic heterocycles. The first-order valence-electron chi connectivity index (χ1n) is 8.06. The number of hydrogen-bond donors (Lipinski definition) is 1. The summed E-state index contributed by atoms with van der Waals surface area (Å²) in [6.45, 7) is 4.83. The van der Waals surface area contributed by atoms with Crippen LogP contribution in [0.4, 0.5) is 5.69 Å². The van der Waals surface area contributed by atoms with Gasteiger partial charge in [0.2, 0.25) is 5.91 Å². The number of hydrogen-bond acceptors (Lipinski definition) is 6. The highest BCUT2D eigenvalue weighted by atomic mass is 16.5. The Kier molecular flexibility index (Phi) is 6.82. The van der Waals surface area contributed by atoms with Crippen LogP contribution in [0, 0.1) is 22.7 Å². The summed E-state index contributed by atoms with van der Waals surface area (Å²) >= 11 is 0. The van der Waals surface area contributed by atoms with E-state index < -0.39 is 0 Å². The zero-order valence-electron chi connectivity index (χ0n) is 14.1. The van der Waals surface area contributed by atoms with Gasteiger partial charge in [-0.05, 0) is 30.7 Å². The fraction of sp³-hybridized carbons (Fsp3) is 0.389. The zero-order chi connectivity index (χ0) is 18.1. The third kappa shape index (κ3) is 5.23. The number of rotatable bonds is 6. The van der Waals surface area contributed by atoms with Gasteiger partial charge in [-0.1, -0.05) is 6.07 Å². The summed E-state index contributed by atoms with van der Waals surface area (Å²) < 4.78 is 10.8. The quantitative estimate of drug-likeness (QED) is 0.793. The van der Waals surface area contributed by atoms with Crippen molar-refractivity contribution in [3.05, 3.63) is 29.3 Å². The molecule has 0 spiro atoms. The van der Waals surface area contributed by atoms with Crippen molar-refractivity contribution in [1.82, 2.24) is 4.90 Å². The minimum Gasteiger partial charge on any atom is -0.492 e. The van der Waals surface area contributed by atoms with Gasteiger partial charge in [-0.2, -0.15) is 10.5 Å². The third-order valence-electron chi connectivity index (χ3n) is 3.65. The Morgan fingerprint density at radius 2 is 2.08 bits per heavy atom. The van der Waals surface area contributed by atoms with E-state index in [4.69, 9.17) is 20.0 Å². The number of ether oxygens (including phenoxy) is 2. The highest BCUT2D eigenvalue weighted by Gasteiger charge is 2.17. The molecule has 1 N–H and O–H groups in total. The number of anilines is 1. The van der Waals surface area contributed by atoms with Crippen LogP contribution in [0.15, 0.2) is 23.8 Å². The number of carbonyl (C=O) groups excluding carboxylic acids is 1. The second-order valence-electron chi connectivity index (χ2n) is 5.32. The van der Waals surface area contributed by atoms with Crippen molar-refractivity contribution in [2.75, 3.05) is 44.8 Å². The molecule has 0 atom stereocenters. The summed E-state index contributed by atoms with van der Waals surface area (Å²) in [5, 5.41) is 20.8. The molecule has 1 aliphatic rings. The van der Waals surface area contributed by atoms with Crippen molar-refractivity contribution < 1.29 is 14.3 Å². The van der Waals surface area contributed by atoms with Gasteiger partial charge in [-0.15, -0.1) is 0 Å². The van der Waals surface area contributed by atoms with Gasteiger partial charge in [0.15, 0.2) is 0 Å². The molecule has 0 radical (unpaired) electrons. The predicted molar refractivity (Wildman–Crippen MR) is 92.7 cm³/mol. The number of nitrogens with one attached hydrogen (secondary N) is 1. The first-order chi connectivity index (χ1) is 12.2. The Balaban J connectivity index is 2.09. The van der Waals surface area contributed by atoms with Gasteiger partial charge in [0.1, 0.15) is 23.5 Å². The van der Waals surface area contributed by atoms with E-state index in [2.05, 4.69) is 5.32 Å². The highest BCUT2D eigenvalue weighted by Crippen LogP contribution is 2.27. The predicted octanol–water partition coefficient (Wildman–Crippen LogP) is 1.79. The van der Waals surface area contributed by atoms with Crippen molar-refractivity contribution in [2.24, 2.45) is 0 Å². The van der Waals surface area contributed by atoms with Crippen LogP contribution >= 0.6 is 0 Å². The van der Waals surface area contributed by atoms with E-state index >= 15 is 0 Å². The Bertz CT molecular complexity index is 709. The lowest BCUT2D eigenvalue weighted by molar-refractivity contribution is -0.133. The first kappa shape index (κ1) is 18.3. The highest BCUT2D eigenvalue weighted by molar-refractivity contribution is 5.81. The number of morpholine rings is 1. The van der Waals surface area contributed by atoms with E-state index in [1.165, 1.54) is 6.08 Å². The standard InChI is InChI=1S/C18H20N4O3/c1-2-25-17-10-14(9-15(11-19)12-20)3-4-16(17)21-13-18(23)22-5-7-24-8-6-22/h3-4,9-10,21H,2,5-8,13H2,1H3. The van der Waals surface area contributed by atoms with Gasteiger partial charge < -0.3 is 19.7 Å². The minimum atomic E-state index is 0.00553. The molecule has 1 aromatic rings. The maximum absolute atomic E-state index is 12.2. The SMILES string of the molecule is CCOc1cc(C=C(C#N)C#N)ccc1NCC(=O)N1CCOCC1. The monoisotopic (exact) mass is 340 g/mol. The lowest BCUT2D eigenvalue weighted by Crippen LogP contribution is -2.43. The van der Waals surface area contributed by atoms with Crippen molar-refractivity contribution in [1.29, 1.82) is 10.5 Å². The molecule has 130 valence electrons. The van der Waals surface area contributed by atoms with E-state index in [1.807, 2.05) is 19.1 Å². The molecule has 1 amide bonds. The fourth-order valence-corrected chi connectivity index (χ4v) is 2.40. The largest absolute Gasteiger partial charge is 0.492 e. The summed E-state index contributed by atoms with van der Waals surface area (Å²) in [6.07, 6.45) is 1.49. The molecule has 0 aliphatic carbocycles. The summed E-state index contributed by atoms with van der Waals surface area (Å²) in [5.74, 6) is 0.576.